The number of nitrogens with zero attached hydrogens (tertiary/aromatic N) is 2. The van der Waals surface area contributed by atoms with Gasteiger partial charge in [0.1, 0.15) is 0 Å². The van der Waals surface area contributed by atoms with Crippen LogP contribution in [0.25, 0.3) is 5.70 Å². The molecule has 0 bridgehead atoms. The molecule has 11 heavy (non-hydrogen) atoms. The van der Waals surface area contributed by atoms with Gasteiger partial charge in [0.2, 0.25) is 0 Å². The summed E-state index contributed by atoms with van der Waals surface area (Å²) >= 11 is 0. The molecule has 0 spiro atoms. The van der Waals surface area contributed by atoms with Gasteiger partial charge < -0.3 is 0 Å². The Kier molecular flexibility index (Phi) is 2.26. The van der Waals surface area contributed by atoms with Crippen LogP contribution in [-0.4, -0.2) is 9.78 Å². The first-order valence-electron chi connectivity index (χ1n) is 3.56. The fourth-order valence-electron chi connectivity index (χ4n) is 0.980. The van der Waals surface area contributed by atoms with Crippen LogP contribution >= 0.6 is 0 Å². The van der Waals surface area contributed by atoms with E-state index in [4.69, 9.17) is 0 Å². The molecule has 2 nitrogen and oxygen atoms in total. The first-order valence-corrected chi connectivity index (χ1v) is 3.56. The van der Waals surface area contributed by atoms with Gasteiger partial charge in [-0.05, 0) is 26.0 Å². The molecule has 0 aliphatic carbocycles. The minimum Gasteiger partial charge on any atom is -0.243 e. The number of allylic oxidation sites excluding steroid dienone is 3. The zero-order valence-electron chi connectivity index (χ0n) is 6.91. The van der Waals surface area contributed by atoms with Crippen molar-refractivity contribution >= 4 is 5.70 Å². The lowest BCUT2D eigenvalue weighted by Crippen LogP contribution is -1.97. The zero-order valence-corrected chi connectivity index (χ0v) is 6.91. The summed E-state index contributed by atoms with van der Waals surface area (Å²) in [5, 5.41) is 4.13. The van der Waals surface area contributed by atoms with E-state index >= 15 is 0 Å². The van der Waals surface area contributed by atoms with E-state index in [2.05, 4.69) is 11.7 Å². The molecule has 0 unspecified atom stereocenters. The molecule has 0 N–H and O–H groups in total. The molecule has 0 atom stereocenters. The summed E-state index contributed by atoms with van der Waals surface area (Å²) in [5.74, 6) is 0. The minimum absolute atomic E-state index is 1.09. The fraction of sp³-hybridized carbons (Fsp3) is 0.222. The van der Waals surface area contributed by atoms with Crippen molar-refractivity contribution in [3.8, 4) is 0 Å². The second-order valence-electron chi connectivity index (χ2n) is 2.43. The Bertz CT molecular complexity index is 282. The molecule has 1 aromatic heterocycles. The summed E-state index contributed by atoms with van der Waals surface area (Å²) in [5.41, 5.74) is 2.23. The quantitative estimate of drug-likeness (QED) is 0.588. The SMILES string of the molecule is C=C/C=C(/C)n1nccc1C. The molecule has 1 heterocycles. The number of aryl methyl sites for hydroxylation is 1. The van der Waals surface area contributed by atoms with Gasteiger partial charge in [0.05, 0.1) is 0 Å². The Hall–Kier alpha value is -1.31. The second kappa shape index (κ2) is 3.19. The highest BCUT2D eigenvalue weighted by Crippen LogP contribution is 2.05. The van der Waals surface area contributed by atoms with Gasteiger partial charge in [-0.15, -0.1) is 0 Å². The number of rotatable bonds is 2. The van der Waals surface area contributed by atoms with Crippen LogP contribution in [0.15, 0.2) is 31.0 Å². The van der Waals surface area contributed by atoms with Crippen LogP contribution in [0.5, 0.6) is 0 Å². The van der Waals surface area contributed by atoms with E-state index in [9.17, 15) is 0 Å². The molecular weight excluding hydrogens is 136 g/mol. The van der Waals surface area contributed by atoms with Crippen molar-refractivity contribution in [1.29, 1.82) is 0 Å². The van der Waals surface area contributed by atoms with Crippen LogP contribution in [0.2, 0.25) is 0 Å². The second-order valence-corrected chi connectivity index (χ2v) is 2.43. The van der Waals surface area contributed by atoms with Crippen LogP contribution in [-0.2, 0) is 0 Å². The number of hydrogen-bond donors (Lipinski definition) is 0. The number of aromatic nitrogens is 2. The highest BCUT2D eigenvalue weighted by Gasteiger charge is 1.95. The average molecular weight is 148 g/mol. The maximum absolute atomic E-state index is 4.13. The van der Waals surface area contributed by atoms with E-state index in [1.807, 2.05) is 30.7 Å². The largest absolute Gasteiger partial charge is 0.243 e. The third-order valence-corrected chi connectivity index (χ3v) is 1.53. The fourth-order valence-corrected chi connectivity index (χ4v) is 0.980. The van der Waals surface area contributed by atoms with Crippen molar-refractivity contribution in [2.45, 2.75) is 13.8 Å². The van der Waals surface area contributed by atoms with Gasteiger partial charge in [0.25, 0.3) is 0 Å². The van der Waals surface area contributed by atoms with Gasteiger partial charge in [-0.3, -0.25) is 0 Å². The average Bonchev–Trinajstić information content (AvgIpc) is 2.36. The molecule has 0 fully saturated rings. The Labute approximate surface area is 66.8 Å². The van der Waals surface area contributed by atoms with Crippen molar-refractivity contribution in [3.05, 3.63) is 36.7 Å². The van der Waals surface area contributed by atoms with Crippen LogP contribution in [0.1, 0.15) is 12.6 Å². The van der Waals surface area contributed by atoms with E-state index < -0.39 is 0 Å². The molecule has 1 aromatic rings. The lowest BCUT2D eigenvalue weighted by atomic mass is 10.4. The number of hydrogen-bond acceptors (Lipinski definition) is 1. The summed E-state index contributed by atoms with van der Waals surface area (Å²) in [6, 6.07) is 1.97. The van der Waals surface area contributed by atoms with Gasteiger partial charge in [-0.2, -0.15) is 5.10 Å². The van der Waals surface area contributed by atoms with Crippen molar-refractivity contribution < 1.29 is 0 Å². The predicted molar refractivity (Wildman–Crippen MR) is 47.1 cm³/mol. The van der Waals surface area contributed by atoms with E-state index in [1.165, 1.54) is 0 Å². The summed E-state index contributed by atoms with van der Waals surface area (Å²) in [6.07, 6.45) is 5.48. The molecule has 58 valence electrons. The van der Waals surface area contributed by atoms with Crippen LogP contribution in [0.3, 0.4) is 0 Å². The molecule has 0 aliphatic heterocycles. The highest BCUT2D eigenvalue weighted by molar-refractivity contribution is 5.44. The molecule has 0 radical (unpaired) electrons. The van der Waals surface area contributed by atoms with Gasteiger partial charge in [0.15, 0.2) is 0 Å². The monoisotopic (exact) mass is 148 g/mol. The summed E-state index contributed by atoms with van der Waals surface area (Å²) in [7, 11) is 0. The Morgan fingerprint density at radius 1 is 1.73 bits per heavy atom. The molecule has 0 amide bonds. The van der Waals surface area contributed by atoms with E-state index in [-0.39, 0.29) is 0 Å². The molecule has 0 aliphatic rings. The predicted octanol–water partition coefficient (Wildman–Crippen LogP) is 2.24. The molecule has 0 saturated heterocycles. The third-order valence-electron chi connectivity index (χ3n) is 1.53. The van der Waals surface area contributed by atoms with Crippen molar-refractivity contribution in [1.82, 2.24) is 9.78 Å². The Morgan fingerprint density at radius 2 is 2.45 bits per heavy atom. The molecule has 0 saturated carbocycles. The van der Waals surface area contributed by atoms with Gasteiger partial charge in [-0.1, -0.05) is 12.7 Å². The first-order chi connectivity index (χ1) is 5.25. The Morgan fingerprint density at radius 3 is 2.91 bits per heavy atom. The van der Waals surface area contributed by atoms with Crippen molar-refractivity contribution in [2.75, 3.05) is 0 Å². The van der Waals surface area contributed by atoms with E-state index in [1.54, 1.807) is 12.3 Å². The third kappa shape index (κ3) is 1.58. The van der Waals surface area contributed by atoms with Crippen molar-refractivity contribution in [2.24, 2.45) is 0 Å². The smallest absolute Gasteiger partial charge is 0.0496 e. The summed E-state index contributed by atoms with van der Waals surface area (Å²) < 4.78 is 1.88. The van der Waals surface area contributed by atoms with E-state index in [0.717, 1.165) is 11.4 Å². The van der Waals surface area contributed by atoms with Crippen molar-refractivity contribution in [3.63, 3.8) is 0 Å². The maximum atomic E-state index is 4.13. The highest BCUT2D eigenvalue weighted by atomic mass is 15.3. The van der Waals surface area contributed by atoms with Gasteiger partial charge in [0, 0.05) is 17.6 Å². The van der Waals surface area contributed by atoms with Crippen LogP contribution < -0.4 is 0 Å². The van der Waals surface area contributed by atoms with Crippen LogP contribution in [0, 0.1) is 6.92 Å². The van der Waals surface area contributed by atoms with Gasteiger partial charge >= 0.3 is 0 Å². The topological polar surface area (TPSA) is 17.8 Å². The lowest BCUT2D eigenvalue weighted by Gasteiger charge is -2.01. The summed E-state index contributed by atoms with van der Waals surface area (Å²) in [4.78, 5) is 0. The normalized spacial score (nSPS) is 11.6. The zero-order chi connectivity index (χ0) is 8.27. The van der Waals surface area contributed by atoms with Crippen LogP contribution in [0.4, 0.5) is 0 Å². The molecule has 2 heteroatoms. The maximum Gasteiger partial charge on any atom is 0.0496 e. The molecule has 1 rings (SSSR count). The standard InChI is InChI=1S/C9H12N2/c1-4-5-8(2)11-9(3)6-7-10-11/h4-7H,1H2,2-3H3/b8-5-. The summed E-state index contributed by atoms with van der Waals surface area (Å²) in [6.45, 7) is 7.65. The van der Waals surface area contributed by atoms with E-state index in [0.29, 0.717) is 0 Å². The minimum atomic E-state index is 1.09. The first kappa shape index (κ1) is 7.79. The molecular formula is C9H12N2. The van der Waals surface area contributed by atoms with Gasteiger partial charge in [-0.25, -0.2) is 4.68 Å². The Balaban J connectivity index is 3.01. The lowest BCUT2D eigenvalue weighted by molar-refractivity contribution is 0.861. The molecule has 0 aromatic carbocycles.